The van der Waals surface area contributed by atoms with Crippen molar-refractivity contribution in [3.63, 3.8) is 0 Å². The molecule has 0 unspecified atom stereocenters. The Kier molecular flexibility index (Phi) is 10.1. The Morgan fingerprint density at radius 1 is 1.21 bits per heavy atom. The van der Waals surface area contributed by atoms with Crippen LogP contribution in [0.4, 0.5) is 4.79 Å². The average molecular weight is 498 g/mol. The molecule has 1 fully saturated rings. The van der Waals surface area contributed by atoms with Crippen molar-refractivity contribution in [1.82, 2.24) is 15.1 Å². The fourth-order valence-corrected chi connectivity index (χ4v) is 4.19. The predicted octanol–water partition coefficient (Wildman–Crippen LogP) is 2.71. The van der Waals surface area contributed by atoms with E-state index in [0.717, 1.165) is 10.5 Å². The molecule has 3 atom stereocenters. The molecule has 0 spiro atoms. The molecule has 2 rings (SSSR count). The maximum absolute atomic E-state index is 13.5. The van der Waals surface area contributed by atoms with Gasteiger partial charge in [0.05, 0.1) is 19.2 Å². The van der Waals surface area contributed by atoms with E-state index in [2.05, 4.69) is 5.32 Å². The van der Waals surface area contributed by atoms with Crippen LogP contribution in [0.5, 0.6) is 0 Å². The number of imide groups is 1. The number of hydrogen-bond donors (Lipinski definition) is 2. The van der Waals surface area contributed by atoms with Gasteiger partial charge in [-0.2, -0.15) is 0 Å². The van der Waals surface area contributed by atoms with E-state index in [4.69, 9.17) is 4.74 Å². The summed E-state index contributed by atoms with van der Waals surface area (Å²) in [5.74, 6) is -2.45. The summed E-state index contributed by atoms with van der Waals surface area (Å²) in [5.41, 5.74) is -1.64. The van der Waals surface area contributed by atoms with Gasteiger partial charge in [0.15, 0.2) is 5.54 Å². The molecule has 1 aliphatic heterocycles. The highest BCUT2D eigenvalue weighted by Crippen LogP contribution is 2.41. The fourth-order valence-electron chi connectivity index (χ4n) is 4.19. The molecule has 0 aromatic heterocycles. The number of benzene rings is 1. The van der Waals surface area contributed by atoms with Gasteiger partial charge in [0, 0.05) is 7.05 Å². The lowest BCUT2D eigenvalue weighted by Crippen LogP contribution is -2.66. The highest BCUT2D eigenvalue weighted by molar-refractivity contribution is 6.05. The van der Waals surface area contributed by atoms with Gasteiger partial charge in [-0.05, 0) is 37.7 Å². The van der Waals surface area contributed by atoms with Crippen LogP contribution in [0.15, 0.2) is 30.3 Å². The number of ether oxygens (including phenoxy) is 1. The van der Waals surface area contributed by atoms with Crippen LogP contribution in [0.25, 0.3) is 0 Å². The molecular weight excluding hydrogens is 462 g/mol. The summed E-state index contributed by atoms with van der Waals surface area (Å²) >= 11 is 0. The van der Waals surface area contributed by atoms with Gasteiger partial charge in [-0.15, -0.1) is 12.4 Å². The molecule has 190 valence electrons. The molecule has 1 aliphatic rings. The van der Waals surface area contributed by atoms with E-state index < -0.39 is 46.9 Å². The number of carbonyl (C=O) groups excluding carboxylic acids is 3. The quantitative estimate of drug-likeness (QED) is 0.504. The topological polar surface area (TPSA) is 116 Å². The van der Waals surface area contributed by atoms with E-state index in [1.54, 1.807) is 27.7 Å². The molecule has 1 aromatic carbocycles. The number of esters is 1. The van der Waals surface area contributed by atoms with Crippen LogP contribution < -0.4 is 5.32 Å². The van der Waals surface area contributed by atoms with E-state index in [0.29, 0.717) is 12.8 Å². The zero-order valence-corrected chi connectivity index (χ0v) is 21.5. The van der Waals surface area contributed by atoms with Gasteiger partial charge in [-0.1, -0.05) is 51.1 Å². The molecule has 3 amide bonds. The highest BCUT2D eigenvalue weighted by atomic mass is 35.5. The van der Waals surface area contributed by atoms with E-state index in [-0.39, 0.29) is 25.6 Å². The number of likely N-dealkylation sites (N-methyl/N-ethyl adjacent to an activating group) is 1. The summed E-state index contributed by atoms with van der Waals surface area (Å²) in [4.78, 5) is 53.4. The first-order chi connectivity index (χ1) is 15.4. The number of nitrogens with zero attached hydrogens (tertiary/aromatic N) is 2. The molecule has 0 saturated carbocycles. The molecule has 0 radical (unpaired) electrons. The number of rotatable bonds is 9. The van der Waals surface area contributed by atoms with Crippen LogP contribution in [0.1, 0.15) is 46.6 Å². The Labute approximate surface area is 207 Å². The number of amides is 3. The third-order valence-electron chi connectivity index (χ3n) is 6.14. The first-order valence-corrected chi connectivity index (χ1v) is 11.2. The molecular formula is C24H36ClN3O6. The van der Waals surface area contributed by atoms with Gasteiger partial charge < -0.3 is 14.7 Å². The predicted molar refractivity (Wildman–Crippen MR) is 130 cm³/mol. The second kappa shape index (κ2) is 11.7. The standard InChI is InChI=1S/C24H35N3O6.ClH/c1-7-33-20(29)18(14-13-17-11-9-8-10-12-17)25-16(2)19(28)27-22(32)26(6)15-24(27,21(30)31)23(3,4)5;/h8-12,16,18,25H,7,13-15H2,1-6H3,(H,30,31);1H/t16-,18-,24-;/m0./s1. The van der Waals surface area contributed by atoms with Crippen molar-refractivity contribution >= 4 is 36.3 Å². The van der Waals surface area contributed by atoms with Crippen LogP contribution in [0.3, 0.4) is 0 Å². The lowest BCUT2D eigenvalue weighted by atomic mass is 9.72. The van der Waals surface area contributed by atoms with Crippen molar-refractivity contribution in [3.8, 4) is 0 Å². The van der Waals surface area contributed by atoms with Gasteiger partial charge >= 0.3 is 18.0 Å². The van der Waals surface area contributed by atoms with Crippen molar-refractivity contribution in [2.45, 2.75) is 65.1 Å². The summed E-state index contributed by atoms with van der Waals surface area (Å²) in [6.45, 7) is 8.35. The van der Waals surface area contributed by atoms with Crippen molar-refractivity contribution < 1.29 is 29.0 Å². The second-order valence-corrected chi connectivity index (χ2v) is 9.44. The number of carboxylic acid groups (broad SMARTS) is 1. The second-order valence-electron chi connectivity index (χ2n) is 9.44. The van der Waals surface area contributed by atoms with Gasteiger partial charge in [-0.25, -0.2) is 14.5 Å². The van der Waals surface area contributed by atoms with Crippen LogP contribution in [0, 0.1) is 5.41 Å². The summed E-state index contributed by atoms with van der Waals surface area (Å²) in [6.07, 6.45) is 0.947. The first-order valence-electron chi connectivity index (χ1n) is 11.2. The summed E-state index contributed by atoms with van der Waals surface area (Å²) in [5, 5.41) is 13.1. The number of aryl methyl sites for hydroxylation is 1. The molecule has 2 N–H and O–H groups in total. The van der Waals surface area contributed by atoms with Crippen LogP contribution >= 0.6 is 12.4 Å². The zero-order valence-electron chi connectivity index (χ0n) is 20.7. The van der Waals surface area contributed by atoms with E-state index in [9.17, 15) is 24.3 Å². The minimum absolute atomic E-state index is 0. The molecule has 1 saturated heterocycles. The summed E-state index contributed by atoms with van der Waals surface area (Å²) in [6, 6.07) is 7.13. The number of hydrogen-bond acceptors (Lipinski definition) is 6. The van der Waals surface area contributed by atoms with Gasteiger partial charge in [0.25, 0.3) is 0 Å². The lowest BCUT2D eigenvalue weighted by Gasteiger charge is -2.42. The van der Waals surface area contributed by atoms with Crippen LogP contribution in [0.2, 0.25) is 0 Å². The third kappa shape index (κ3) is 5.88. The van der Waals surface area contributed by atoms with Crippen LogP contribution in [-0.2, 0) is 25.5 Å². The average Bonchev–Trinajstić information content (AvgIpc) is 3.03. The Balaban J connectivity index is 0.00000578. The van der Waals surface area contributed by atoms with Crippen molar-refractivity contribution in [1.29, 1.82) is 0 Å². The van der Waals surface area contributed by atoms with Crippen LogP contribution in [-0.4, -0.2) is 76.6 Å². The molecule has 34 heavy (non-hydrogen) atoms. The highest BCUT2D eigenvalue weighted by Gasteiger charge is 2.63. The monoisotopic (exact) mass is 497 g/mol. The lowest BCUT2D eigenvalue weighted by molar-refractivity contribution is -0.161. The van der Waals surface area contributed by atoms with Gasteiger partial charge in [-0.3, -0.25) is 14.9 Å². The molecule has 1 heterocycles. The van der Waals surface area contributed by atoms with E-state index in [1.807, 2.05) is 30.3 Å². The van der Waals surface area contributed by atoms with Crippen molar-refractivity contribution in [2.24, 2.45) is 5.41 Å². The Bertz CT molecular complexity index is 888. The van der Waals surface area contributed by atoms with Crippen molar-refractivity contribution in [2.75, 3.05) is 20.2 Å². The number of nitrogens with one attached hydrogen (secondary N) is 1. The smallest absolute Gasteiger partial charge is 0.332 e. The third-order valence-corrected chi connectivity index (χ3v) is 6.14. The largest absolute Gasteiger partial charge is 0.479 e. The number of carboxylic acids is 1. The van der Waals surface area contributed by atoms with E-state index in [1.165, 1.54) is 18.9 Å². The van der Waals surface area contributed by atoms with E-state index >= 15 is 0 Å². The zero-order chi connectivity index (χ0) is 25.0. The Morgan fingerprint density at radius 3 is 2.29 bits per heavy atom. The molecule has 0 aliphatic carbocycles. The summed E-state index contributed by atoms with van der Waals surface area (Å²) in [7, 11) is 1.47. The minimum atomic E-state index is -1.74. The van der Waals surface area contributed by atoms with Gasteiger partial charge in [0.2, 0.25) is 5.91 Å². The normalized spacial score (nSPS) is 19.9. The fraction of sp³-hybridized carbons (Fsp3) is 0.583. The molecule has 10 heteroatoms. The number of urea groups is 1. The Hall–Kier alpha value is -2.65. The first kappa shape index (κ1) is 29.4. The molecule has 1 aromatic rings. The van der Waals surface area contributed by atoms with Crippen molar-refractivity contribution in [3.05, 3.63) is 35.9 Å². The Morgan fingerprint density at radius 2 is 1.79 bits per heavy atom. The number of carbonyl (C=O) groups is 4. The number of halogens is 1. The SMILES string of the molecule is CCOC(=O)[C@H](CCc1ccccc1)N[C@@H](C)C(=O)N1C(=O)N(C)C[C@]1(C(=O)O)C(C)(C)C.Cl. The molecule has 0 bridgehead atoms. The molecule has 9 nitrogen and oxygen atoms in total. The maximum Gasteiger partial charge on any atom is 0.332 e. The minimum Gasteiger partial charge on any atom is -0.479 e. The van der Waals surface area contributed by atoms with Gasteiger partial charge in [0.1, 0.15) is 6.04 Å². The maximum atomic E-state index is 13.5. The number of aliphatic carboxylic acids is 1. The summed E-state index contributed by atoms with van der Waals surface area (Å²) < 4.78 is 5.17.